The molecule has 2 unspecified atom stereocenters. The van der Waals surface area contributed by atoms with Crippen LogP contribution >= 0.6 is 12.4 Å². The van der Waals surface area contributed by atoms with E-state index in [9.17, 15) is 31.1 Å². The lowest BCUT2D eigenvalue weighted by Crippen LogP contribution is -2.50. The highest BCUT2D eigenvalue weighted by atomic mass is 35.5. The Kier molecular flexibility index (Phi) is 10.6. The minimum Gasteiger partial charge on any atom is -0.354 e. The van der Waals surface area contributed by atoms with Gasteiger partial charge in [-0.2, -0.15) is 26.3 Å². The third kappa shape index (κ3) is 8.07. The topological polar surface area (TPSA) is 76.8 Å². The molecule has 1 aliphatic heterocycles. The Morgan fingerprint density at radius 2 is 1.67 bits per heavy atom. The van der Waals surface area contributed by atoms with Crippen molar-refractivity contribution in [3.8, 4) is 0 Å². The minimum atomic E-state index is -4.96. The minimum absolute atomic E-state index is 0. The average Bonchev–Trinajstić information content (AvgIpc) is 2.80. The molecular weight excluding hydrogens is 516 g/mol. The molecular formula is C23H26ClF6N3O3. The lowest BCUT2D eigenvalue weighted by atomic mass is 10.0. The van der Waals surface area contributed by atoms with E-state index in [2.05, 4.69) is 5.32 Å². The number of amides is 1. The SMILES string of the molecule is Cl.NCCNC(=O)CN1CCOC(OCc2cc(C(F)(F)F)cc(C(F)(F)F)c2)C1c1ccccc1. The Labute approximate surface area is 210 Å². The number of ether oxygens (including phenoxy) is 2. The van der Waals surface area contributed by atoms with Crippen molar-refractivity contribution in [3.05, 3.63) is 70.8 Å². The van der Waals surface area contributed by atoms with Gasteiger partial charge in [-0.05, 0) is 29.3 Å². The molecule has 1 aliphatic rings. The monoisotopic (exact) mass is 541 g/mol. The second-order valence-corrected chi connectivity index (χ2v) is 7.93. The Bertz CT molecular complexity index is 959. The molecule has 3 N–H and O–H groups in total. The molecule has 1 amide bonds. The van der Waals surface area contributed by atoms with Crippen molar-refractivity contribution >= 4 is 18.3 Å². The fraction of sp³-hybridized carbons (Fsp3) is 0.435. The summed E-state index contributed by atoms with van der Waals surface area (Å²) in [6.45, 7) is 0.473. The molecule has 0 aliphatic carbocycles. The van der Waals surface area contributed by atoms with Crippen LogP contribution in [0.2, 0.25) is 0 Å². The summed E-state index contributed by atoms with van der Waals surface area (Å²) in [4.78, 5) is 14.1. The Morgan fingerprint density at radius 1 is 1.06 bits per heavy atom. The van der Waals surface area contributed by atoms with Crippen LogP contribution in [-0.4, -0.2) is 49.9 Å². The van der Waals surface area contributed by atoms with E-state index in [0.29, 0.717) is 24.2 Å². The molecule has 13 heteroatoms. The van der Waals surface area contributed by atoms with Crippen LogP contribution in [0.15, 0.2) is 48.5 Å². The van der Waals surface area contributed by atoms with Crippen LogP contribution in [0.4, 0.5) is 26.3 Å². The largest absolute Gasteiger partial charge is 0.416 e. The Hall–Kier alpha value is -2.38. The number of morpholine rings is 1. The van der Waals surface area contributed by atoms with Gasteiger partial charge in [-0.3, -0.25) is 9.69 Å². The number of nitrogens with one attached hydrogen (secondary N) is 1. The van der Waals surface area contributed by atoms with Crippen LogP contribution in [0.3, 0.4) is 0 Å². The van der Waals surface area contributed by atoms with E-state index in [4.69, 9.17) is 15.2 Å². The highest BCUT2D eigenvalue weighted by Crippen LogP contribution is 2.37. The predicted molar refractivity (Wildman–Crippen MR) is 121 cm³/mol. The zero-order chi connectivity index (χ0) is 25.6. The number of benzene rings is 2. The van der Waals surface area contributed by atoms with E-state index in [1.165, 1.54) is 0 Å². The first-order valence-corrected chi connectivity index (χ1v) is 10.8. The first kappa shape index (κ1) is 29.8. The second kappa shape index (κ2) is 12.7. The standard InChI is InChI=1S/C23H25F6N3O3.ClH/c24-22(25,26)17-10-15(11-18(12-17)23(27,28)29)14-35-21-20(16-4-2-1-3-5-16)32(8-9-34-21)13-19(33)31-7-6-30;/h1-5,10-12,20-21H,6-9,13-14,30H2,(H,31,33);1H. The number of carbonyl (C=O) groups excluding carboxylic acids is 1. The molecule has 1 fully saturated rings. The van der Waals surface area contributed by atoms with Crippen molar-refractivity contribution in [3.63, 3.8) is 0 Å². The summed E-state index contributed by atoms with van der Waals surface area (Å²) in [6.07, 6.45) is -11.0. The lowest BCUT2D eigenvalue weighted by molar-refractivity contribution is -0.216. The zero-order valence-electron chi connectivity index (χ0n) is 18.9. The molecule has 36 heavy (non-hydrogen) atoms. The maximum atomic E-state index is 13.2. The Balaban J connectivity index is 0.00000456. The van der Waals surface area contributed by atoms with Crippen LogP contribution < -0.4 is 11.1 Å². The number of nitrogens with two attached hydrogens (primary N) is 1. The van der Waals surface area contributed by atoms with Gasteiger partial charge in [-0.15, -0.1) is 12.4 Å². The van der Waals surface area contributed by atoms with E-state index < -0.39 is 42.4 Å². The van der Waals surface area contributed by atoms with Crippen LogP contribution in [0.25, 0.3) is 0 Å². The van der Waals surface area contributed by atoms with E-state index in [-0.39, 0.29) is 56.2 Å². The molecule has 0 radical (unpaired) electrons. The molecule has 1 saturated heterocycles. The van der Waals surface area contributed by atoms with Gasteiger partial charge in [0.2, 0.25) is 5.91 Å². The number of hydrogen-bond donors (Lipinski definition) is 2. The summed E-state index contributed by atoms with van der Waals surface area (Å²) < 4.78 is 90.6. The summed E-state index contributed by atoms with van der Waals surface area (Å²) in [5.41, 5.74) is 2.97. The Morgan fingerprint density at radius 3 is 2.22 bits per heavy atom. The van der Waals surface area contributed by atoms with Gasteiger partial charge in [0, 0.05) is 19.6 Å². The summed E-state index contributed by atoms with van der Waals surface area (Å²) >= 11 is 0. The van der Waals surface area contributed by atoms with E-state index in [1.54, 1.807) is 35.2 Å². The summed E-state index contributed by atoms with van der Waals surface area (Å²) in [7, 11) is 0. The maximum Gasteiger partial charge on any atom is 0.416 e. The van der Waals surface area contributed by atoms with Crippen LogP contribution in [-0.2, 0) is 33.2 Å². The van der Waals surface area contributed by atoms with Crippen molar-refractivity contribution < 1.29 is 40.6 Å². The predicted octanol–water partition coefficient (Wildman–Crippen LogP) is 4.14. The van der Waals surface area contributed by atoms with Gasteiger partial charge < -0.3 is 20.5 Å². The smallest absolute Gasteiger partial charge is 0.354 e. The van der Waals surface area contributed by atoms with E-state index in [0.717, 1.165) is 0 Å². The molecule has 2 aromatic rings. The number of hydrogen-bond acceptors (Lipinski definition) is 5. The van der Waals surface area contributed by atoms with Crippen molar-refractivity contribution in [2.75, 3.05) is 32.8 Å². The third-order valence-electron chi connectivity index (χ3n) is 5.33. The van der Waals surface area contributed by atoms with Gasteiger partial charge >= 0.3 is 12.4 Å². The van der Waals surface area contributed by atoms with Crippen molar-refractivity contribution in [1.29, 1.82) is 0 Å². The fourth-order valence-corrected chi connectivity index (χ4v) is 3.76. The van der Waals surface area contributed by atoms with Gasteiger partial charge in [-0.1, -0.05) is 30.3 Å². The van der Waals surface area contributed by atoms with E-state index in [1.807, 2.05) is 0 Å². The summed E-state index contributed by atoms with van der Waals surface area (Å²) in [5, 5.41) is 2.66. The van der Waals surface area contributed by atoms with Crippen LogP contribution in [0, 0.1) is 0 Å². The molecule has 0 aromatic heterocycles. The van der Waals surface area contributed by atoms with Crippen LogP contribution in [0.1, 0.15) is 28.3 Å². The second-order valence-electron chi connectivity index (χ2n) is 7.93. The molecule has 2 atom stereocenters. The van der Waals surface area contributed by atoms with E-state index >= 15 is 0 Å². The normalized spacial score (nSPS) is 19.0. The van der Waals surface area contributed by atoms with Gasteiger partial charge in [0.15, 0.2) is 6.29 Å². The molecule has 6 nitrogen and oxygen atoms in total. The van der Waals surface area contributed by atoms with Crippen molar-refractivity contribution in [1.82, 2.24) is 10.2 Å². The molecule has 200 valence electrons. The highest BCUT2D eigenvalue weighted by Gasteiger charge is 2.38. The number of rotatable bonds is 8. The number of carbonyl (C=O) groups is 1. The average molecular weight is 542 g/mol. The molecule has 3 rings (SSSR count). The molecule has 1 heterocycles. The maximum absolute atomic E-state index is 13.2. The third-order valence-corrected chi connectivity index (χ3v) is 5.33. The first-order valence-electron chi connectivity index (χ1n) is 10.8. The molecule has 0 spiro atoms. The lowest BCUT2D eigenvalue weighted by Gasteiger charge is -2.40. The molecule has 2 aromatic carbocycles. The fourth-order valence-electron chi connectivity index (χ4n) is 3.76. The zero-order valence-corrected chi connectivity index (χ0v) is 19.8. The van der Waals surface area contributed by atoms with Gasteiger partial charge in [0.1, 0.15) is 0 Å². The summed E-state index contributed by atoms with van der Waals surface area (Å²) in [6, 6.07) is 9.52. The summed E-state index contributed by atoms with van der Waals surface area (Å²) in [5.74, 6) is -0.287. The number of nitrogens with zero attached hydrogens (tertiary/aromatic N) is 1. The number of halogens is 7. The molecule has 0 bridgehead atoms. The quantitative estimate of drug-likeness (QED) is 0.491. The van der Waals surface area contributed by atoms with Crippen molar-refractivity contribution in [2.45, 2.75) is 31.3 Å². The van der Waals surface area contributed by atoms with Crippen molar-refractivity contribution in [2.24, 2.45) is 5.73 Å². The highest BCUT2D eigenvalue weighted by molar-refractivity contribution is 5.85. The number of alkyl halides is 6. The molecule has 0 saturated carbocycles. The van der Waals surface area contributed by atoms with Gasteiger partial charge in [0.25, 0.3) is 0 Å². The van der Waals surface area contributed by atoms with Gasteiger partial charge in [0.05, 0.1) is 36.9 Å². The first-order chi connectivity index (χ1) is 16.5. The van der Waals surface area contributed by atoms with Crippen LogP contribution in [0.5, 0.6) is 0 Å². The van der Waals surface area contributed by atoms with Gasteiger partial charge in [-0.25, -0.2) is 0 Å².